The third-order valence-electron chi connectivity index (χ3n) is 4.22. The van der Waals surface area contributed by atoms with Gasteiger partial charge in [0, 0.05) is 28.1 Å². The number of benzene rings is 2. The van der Waals surface area contributed by atoms with Gasteiger partial charge in [0.15, 0.2) is 0 Å². The molecule has 2 aromatic carbocycles. The molecule has 0 aliphatic carbocycles. The van der Waals surface area contributed by atoms with Crippen molar-refractivity contribution in [2.24, 2.45) is 5.41 Å². The highest BCUT2D eigenvalue weighted by Gasteiger charge is 2.18. The molecule has 150 valence electrons. The molecule has 0 spiro atoms. The number of carboxylic acids is 1. The number of hydrogen-bond acceptors (Lipinski definition) is 3. The Balaban J connectivity index is 0.00000136. The van der Waals surface area contributed by atoms with Crippen LogP contribution in [0.2, 0.25) is 5.02 Å². The van der Waals surface area contributed by atoms with Crippen molar-refractivity contribution in [1.29, 1.82) is 0 Å². The van der Waals surface area contributed by atoms with Crippen LogP contribution in [0.15, 0.2) is 42.6 Å². The quantitative estimate of drug-likeness (QED) is 0.499. The fourth-order valence-corrected chi connectivity index (χ4v) is 2.87. The maximum absolute atomic E-state index is 11.3. The molecule has 1 aromatic heterocycles. The first kappa shape index (κ1) is 21.8. The molecular weight excluding hydrogens is 378 g/mol. The van der Waals surface area contributed by atoms with Crippen LogP contribution in [0.5, 0.6) is 5.75 Å². The summed E-state index contributed by atoms with van der Waals surface area (Å²) in [6.45, 7) is 8.30. The Labute approximate surface area is 169 Å². The molecule has 6 heteroatoms. The van der Waals surface area contributed by atoms with E-state index in [1.165, 1.54) is 6.20 Å². The smallest absolute Gasteiger partial charge is 0.337 e. The maximum atomic E-state index is 11.3. The molecule has 28 heavy (non-hydrogen) atoms. The number of halogens is 1. The van der Waals surface area contributed by atoms with Gasteiger partial charge in [-0.05, 0) is 29.8 Å². The molecule has 0 aliphatic rings. The lowest BCUT2D eigenvalue weighted by Gasteiger charge is -2.21. The van der Waals surface area contributed by atoms with Gasteiger partial charge < -0.3 is 19.9 Å². The minimum Gasteiger partial charge on any atom is -0.493 e. The zero-order valence-electron chi connectivity index (χ0n) is 16.5. The monoisotopic (exact) mass is 403 g/mol. The standard InChI is InChI=1S/C20H20ClNO4.C2H6/c1-20(2,10-23)11-26-13-5-3-12(4-6-13)14-7-15-16(19(24)25)9-22-18(15)8-17(14)21;1-2/h3-9,22-23H,10-11H2,1-2H3,(H,24,25);1-2H3. The Morgan fingerprint density at radius 2 is 1.82 bits per heavy atom. The van der Waals surface area contributed by atoms with Gasteiger partial charge in [-0.2, -0.15) is 0 Å². The van der Waals surface area contributed by atoms with E-state index in [0.29, 0.717) is 28.3 Å². The molecule has 0 bridgehead atoms. The van der Waals surface area contributed by atoms with E-state index in [1.54, 1.807) is 12.1 Å². The summed E-state index contributed by atoms with van der Waals surface area (Å²) in [5.41, 5.74) is 2.20. The van der Waals surface area contributed by atoms with Crippen LogP contribution >= 0.6 is 11.6 Å². The number of nitrogens with one attached hydrogen (secondary N) is 1. The van der Waals surface area contributed by atoms with Crippen molar-refractivity contribution in [3.63, 3.8) is 0 Å². The lowest BCUT2D eigenvalue weighted by Crippen LogP contribution is -2.25. The van der Waals surface area contributed by atoms with E-state index in [0.717, 1.165) is 11.1 Å². The number of ether oxygens (including phenoxy) is 1. The van der Waals surface area contributed by atoms with Gasteiger partial charge in [-0.15, -0.1) is 0 Å². The number of aliphatic hydroxyl groups is 1. The summed E-state index contributed by atoms with van der Waals surface area (Å²) in [6.07, 6.45) is 1.47. The minimum atomic E-state index is -0.986. The van der Waals surface area contributed by atoms with Crippen molar-refractivity contribution in [2.45, 2.75) is 27.7 Å². The second-order valence-electron chi connectivity index (χ2n) is 7.02. The van der Waals surface area contributed by atoms with Crippen LogP contribution in [-0.4, -0.2) is 34.4 Å². The van der Waals surface area contributed by atoms with Gasteiger partial charge in [0.25, 0.3) is 0 Å². The Morgan fingerprint density at radius 3 is 2.39 bits per heavy atom. The molecule has 0 saturated carbocycles. The summed E-state index contributed by atoms with van der Waals surface area (Å²) in [5, 5.41) is 19.7. The van der Waals surface area contributed by atoms with Crippen molar-refractivity contribution >= 4 is 28.5 Å². The lowest BCUT2D eigenvalue weighted by molar-refractivity contribution is 0.0699. The summed E-state index contributed by atoms with van der Waals surface area (Å²) in [7, 11) is 0. The molecular formula is C22H26ClNO4. The first-order valence-corrected chi connectivity index (χ1v) is 9.56. The van der Waals surface area contributed by atoms with E-state index < -0.39 is 5.97 Å². The van der Waals surface area contributed by atoms with E-state index in [1.807, 2.05) is 52.0 Å². The molecule has 3 N–H and O–H groups in total. The number of aromatic amines is 1. The maximum Gasteiger partial charge on any atom is 0.337 e. The largest absolute Gasteiger partial charge is 0.493 e. The second-order valence-corrected chi connectivity index (χ2v) is 7.43. The van der Waals surface area contributed by atoms with Gasteiger partial charge in [0.05, 0.1) is 23.8 Å². The van der Waals surface area contributed by atoms with Crippen LogP contribution in [0.3, 0.4) is 0 Å². The summed E-state index contributed by atoms with van der Waals surface area (Å²) in [5.74, 6) is -0.292. The minimum absolute atomic E-state index is 0.0449. The molecule has 0 saturated heterocycles. The fourth-order valence-electron chi connectivity index (χ4n) is 2.60. The lowest BCUT2D eigenvalue weighted by atomic mass is 9.96. The third kappa shape index (κ3) is 4.86. The van der Waals surface area contributed by atoms with E-state index in [-0.39, 0.29) is 17.6 Å². The van der Waals surface area contributed by atoms with Crippen LogP contribution in [0.4, 0.5) is 0 Å². The van der Waals surface area contributed by atoms with Crippen LogP contribution in [0.25, 0.3) is 22.0 Å². The van der Waals surface area contributed by atoms with Gasteiger partial charge in [0.2, 0.25) is 0 Å². The van der Waals surface area contributed by atoms with Crippen molar-refractivity contribution < 1.29 is 19.7 Å². The highest BCUT2D eigenvalue weighted by atomic mass is 35.5. The first-order chi connectivity index (χ1) is 13.3. The highest BCUT2D eigenvalue weighted by molar-refractivity contribution is 6.34. The normalized spacial score (nSPS) is 11.1. The summed E-state index contributed by atoms with van der Waals surface area (Å²) < 4.78 is 5.72. The summed E-state index contributed by atoms with van der Waals surface area (Å²) >= 11 is 6.38. The Morgan fingerprint density at radius 1 is 1.18 bits per heavy atom. The number of hydrogen-bond donors (Lipinski definition) is 3. The average Bonchev–Trinajstić information content (AvgIpc) is 3.11. The van der Waals surface area contributed by atoms with Gasteiger partial charge in [-0.1, -0.05) is 51.4 Å². The van der Waals surface area contributed by atoms with Gasteiger partial charge in [0.1, 0.15) is 5.75 Å². The number of aliphatic hydroxyl groups excluding tert-OH is 1. The predicted molar refractivity (Wildman–Crippen MR) is 113 cm³/mol. The predicted octanol–water partition coefficient (Wildman–Crippen LogP) is 5.61. The van der Waals surface area contributed by atoms with E-state index in [9.17, 15) is 15.0 Å². The zero-order chi connectivity index (χ0) is 20.9. The molecule has 0 aliphatic heterocycles. The summed E-state index contributed by atoms with van der Waals surface area (Å²) in [4.78, 5) is 14.3. The van der Waals surface area contributed by atoms with Crippen molar-refractivity contribution in [2.75, 3.05) is 13.2 Å². The Kier molecular flexibility index (Phi) is 7.11. The van der Waals surface area contributed by atoms with Crippen molar-refractivity contribution in [3.05, 3.63) is 53.2 Å². The zero-order valence-corrected chi connectivity index (χ0v) is 17.3. The van der Waals surface area contributed by atoms with E-state index in [4.69, 9.17) is 16.3 Å². The third-order valence-corrected chi connectivity index (χ3v) is 4.54. The molecule has 0 radical (unpaired) electrons. The summed E-state index contributed by atoms with van der Waals surface area (Å²) in [6, 6.07) is 10.9. The number of carbonyl (C=O) groups is 1. The molecule has 0 amide bonds. The van der Waals surface area contributed by atoms with Gasteiger partial charge >= 0.3 is 5.97 Å². The van der Waals surface area contributed by atoms with Gasteiger partial charge in [-0.25, -0.2) is 4.79 Å². The first-order valence-electron chi connectivity index (χ1n) is 9.19. The highest BCUT2D eigenvalue weighted by Crippen LogP contribution is 2.34. The molecule has 0 atom stereocenters. The van der Waals surface area contributed by atoms with Crippen LogP contribution < -0.4 is 4.74 Å². The Bertz CT molecular complexity index is 945. The number of H-pyrrole nitrogens is 1. The number of fused-ring (bicyclic) bond motifs is 1. The fraction of sp³-hybridized carbons (Fsp3) is 0.318. The average molecular weight is 404 g/mol. The molecule has 0 unspecified atom stereocenters. The van der Waals surface area contributed by atoms with Crippen molar-refractivity contribution in [1.82, 2.24) is 4.98 Å². The number of aromatic carboxylic acids is 1. The van der Waals surface area contributed by atoms with E-state index >= 15 is 0 Å². The molecule has 3 aromatic rings. The van der Waals surface area contributed by atoms with Crippen LogP contribution in [0, 0.1) is 5.41 Å². The molecule has 1 heterocycles. The topological polar surface area (TPSA) is 82.6 Å². The second kappa shape index (κ2) is 9.13. The van der Waals surface area contributed by atoms with Crippen LogP contribution in [-0.2, 0) is 0 Å². The molecule has 5 nitrogen and oxygen atoms in total. The Hall–Kier alpha value is -2.50. The van der Waals surface area contributed by atoms with Crippen LogP contribution in [0.1, 0.15) is 38.1 Å². The number of aromatic nitrogens is 1. The molecule has 3 rings (SSSR count). The van der Waals surface area contributed by atoms with Gasteiger partial charge in [-0.3, -0.25) is 0 Å². The van der Waals surface area contributed by atoms with E-state index in [2.05, 4.69) is 4.98 Å². The number of carboxylic acid groups (broad SMARTS) is 1. The number of rotatable bonds is 6. The molecule has 0 fully saturated rings. The van der Waals surface area contributed by atoms with Crippen molar-refractivity contribution in [3.8, 4) is 16.9 Å². The SMILES string of the molecule is CC.CC(C)(CO)COc1ccc(-c2cc3c(C(=O)O)c[nH]c3cc2Cl)cc1.